The summed E-state index contributed by atoms with van der Waals surface area (Å²) in [6, 6.07) is 4.09. The van der Waals surface area contributed by atoms with Gasteiger partial charge >= 0.3 is 0 Å². The fraction of sp³-hybridized carbons (Fsp3) is 0.533. The highest BCUT2D eigenvalue weighted by Gasteiger charge is 2.11. The SMILES string of the molecule is CCCc1cc(CN)cc(-n2nc(CC)nc2CC)n1. The highest BCUT2D eigenvalue weighted by molar-refractivity contribution is 5.31. The van der Waals surface area contributed by atoms with Crippen LogP contribution in [0, 0.1) is 0 Å². The number of nitrogens with two attached hydrogens (primary N) is 1. The fourth-order valence-corrected chi connectivity index (χ4v) is 2.20. The van der Waals surface area contributed by atoms with Crippen LogP contribution in [0.3, 0.4) is 0 Å². The molecule has 0 aromatic carbocycles. The summed E-state index contributed by atoms with van der Waals surface area (Å²) in [7, 11) is 0. The minimum atomic E-state index is 0.517. The average Bonchev–Trinajstić information content (AvgIpc) is 2.90. The summed E-state index contributed by atoms with van der Waals surface area (Å²) in [6.07, 6.45) is 3.69. The fourth-order valence-electron chi connectivity index (χ4n) is 2.20. The van der Waals surface area contributed by atoms with Gasteiger partial charge in [-0.3, -0.25) is 0 Å². The van der Waals surface area contributed by atoms with Gasteiger partial charge < -0.3 is 5.73 Å². The Bertz CT molecular complexity index is 574. The van der Waals surface area contributed by atoms with Gasteiger partial charge in [-0.15, -0.1) is 5.10 Å². The molecule has 0 unspecified atom stereocenters. The summed E-state index contributed by atoms with van der Waals surface area (Å²) in [5.74, 6) is 2.64. The Morgan fingerprint density at radius 3 is 2.50 bits per heavy atom. The summed E-state index contributed by atoms with van der Waals surface area (Å²) < 4.78 is 1.86. The molecule has 0 saturated heterocycles. The minimum Gasteiger partial charge on any atom is -0.326 e. The van der Waals surface area contributed by atoms with Crippen molar-refractivity contribution < 1.29 is 0 Å². The van der Waals surface area contributed by atoms with Crippen LogP contribution in [-0.2, 0) is 25.8 Å². The molecular weight excluding hydrogens is 250 g/mol. The molecule has 0 amide bonds. The minimum absolute atomic E-state index is 0.517. The zero-order valence-corrected chi connectivity index (χ0v) is 12.6. The zero-order chi connectivity index (χ0) is 14.5. The smallest absolute Gasteiger partial charge is 0.156 e. The Labute approximate surface area is 120 Å². The zero-order valence-electron chi connectivity index (χ0n) is 12.6. The summed E-state index contributed by atoms with van der Waals surface area (Å²) in [5, 5.41) is 4.55. The largest absolute Gasteiger partial charge is 0.326 e. The summed E-state index contributed by atoms with van der Waals surface area (Å²) in [6.45, 7) is 6.81. The number of pyridine rings is 1. The quantitative estimate of drug-likeness (QED) is 0.876. The van der Waals surface area contributed by atoms with Crippen LogP contribution in [-0.4, -0.2) is 19.7 Å². The molecule has 2 rings (SSSR count). The van der Waals surface area contributed by atoms with E-state index < -0.39 is 0 Å². The van der Waals surface area contributed by atoms with Crippen molar-refractivity contribution in [3.8, 4) is 5.82 Å². The molecule has 2 heterocycles. The lowest BCUT2D eigenvalue weighted by Crippen LogP contribution is -2.09. The lowest BCUT2D eigenvalue weighted by atomic mass is 10.1. The first-order valence-electron chi connectivity index (χ1n) is 7.36. The molecule has 5 heteroatoms. The Kier molecular flexibility index (Phi) is 4.84. The Morgan fingerprint density at radius 1 is 1.10 bits per heavy atom. The molecular formula is C15H23N5. The molecule has 2 N–H and O–H groups in total. The third-order valence-electron chi connectivity index (χ3n) is 3.23. The first-order valence-corrected chi connectivity index (χ1v) is 7.36. The molecule has 0 aliphatic rings. The normalized spacial score (nSPS) is 11.0. The maximum atomic E-state index is 5.79. The molecule has 5 nitrogen and oxygen atoms in total. The summed E-state index contributed by atoms with van der Waals surface area (Å²) >= 11 is 0. The first kappa shape index (κ1) is 14.7. The van der Waals surface area contributed by atoms with Crippen LogP contribution in [0.1, 0.15) is 50.1 Å². The predicted octanol–water partition coefficient (Wildman–Crippen LogP) is 2.20. The molecule has 0 saturated carbocycles. The molecule has 108 valence electrons. The van der Waals surface area contributed by atoms with Crippen LogP contribution in [0.2, 0.25) is 0 Å². The molecule has 0 radical (unpaired) electrons. The number of aryl methyl sites for hydroxylation is 3. The van der Waals surface area contributed by atoms with Gasteiger partial charge in [-0.1, -0.05) is 27.2 Å². The lowest BCUT2D eigenvalue weighted by molar-refractivity contribution is 0.753. The van der Waals surface area contributed by atoms with Gasteiger partial charge in [0, 0.05) is 25.1 Å². The van der Waals surface area contributed by atoms with E-state index in [4.69, 9.17) is 10.7 Å². The molecule has 0 spiro atoms. The number of hydrogen-bond donors (Lipinski definition) is 1. The van der Waals surface area contributed by atoms with Crippen molar-refractivity contribution in [1.29, 1.82) is 0 Å². The van der Waals surface area contributed by atoms with Crippen LogP contribution in [0.4, 0.5) is 0 Å². The average molecular weight is 273 g/mol. The second-order valence-electron chi connectivity index (χ2n) is 4.84. The van der Waals surface area contributed by atoms with E-state index in [9.17, 15) is 0 Å². The van der Waals surface area contributed by atoms with Crippen LogP contribution in [0.5, 0.6) is 0 Å². The van der Waals surface area contributed by atoms with Crippen molar-refractivity contribution in [2.24, 2.45) is 5.73 Å². The maximum Gasteiger partial charge on any atom is 0.156 e. The van der Waals surface area contributed by atoms with Gasteiger partial charge in [-0.25, -0.2) is 9.97 Å². The first-order chi connectivity index (χ1) is 9.71. The van der Waals surface area contributed by atoms with E-state index in [-0.39, 0.29) is 0 Å². The standard InChI is InChI=1S/C15H23N5/c1-4-7-12-8-11(10-16)9-15(17-12)20-14(6-3)18-13(5-2)19-20/h8-9H,4-7,10,16H2,1-3H3. The molecule has 20 heavy (non-hydrogen) atoms. The second-order valence-corrected chi connectivity index (χ2v) is 4.84. The molecule has 0 bridgehead atoms. The highest BCUT2D eigenvalue weighted by Crippen LogP contribution is 2.14. The van der Waals surface area contributed by atoms with Crippen LogP contribution in [0.25, 0.3) is 5.82 Å². The molecule has 0 aliphatic carbocycles. The molecule has 2 aromatic heterocycles. The number of nitrogens with zero attached hydrogens (tertiary/aromatic N) is 4. The lowest BCUT2D eigenvalue weighted by Gasteiger charge is -2.08. The van der Waals surface area contributed by atoms with Gasteiger partial charge in [0.25, 0.3) is 0 Å². The third kappa shape index (κ3) is 3.04. The molecule has 0 atom stereocenters. The number of hydrogen-bond acceptors (Lipinski definition) is 4. The predicted molar refractivity (Wildman–Crippen MR) is 79.8 cm³/mol. The maximum absolute atomic E-state index is 5.79. The van der Waals surface area contributed by atoms with Crippen LogP contribution < -0.4 is 5.73 Å². The van der Waals surface area contributed by atoms with Gasteiger partial charge in [0.1, 0.15) is 5.82 Å². The van der Waals surface area contributed by atoms with Crippen LogP contribution in [0.15, 0.2) is 12.1 Å². The number of rotatable bonds is 6. The van der Waals surface area contributed by atoms with Crippen LogP contribution >= 0.6 is 0 Å². The summed E-state index contributed by atoms with van der Waals surface area (Å²) in [5.41, 5.74) is 7.95. The van der Waals surface area contributed by atoms with Crippen molar-refractivity contribution >= 4 is 0 Å². The van der Waals surface area contributed by atoms with Crippen molar-refractivity contribution in [1.82, 2.24) is 19.7 Å². The Morgan fingerprint density at radius 2 is 1.90 bits per heavy atom. The number of aromatic nitrogens is 4. The van der Waals surface area contributed by atoms with E-state index in [1.807, 2.05) is 10.7 Å². The second kappa shape index (κ2) is 6.61. The van der Waals surface area contributed by atoms with Gasteiger partial charge in [-0.2, -0.15) is 4.68 Å². The van der Waals surface area contributed by atoms with Crippen molar-refractivity contribution in [2.45, 2.75) is 53.0 Å². The van der Waals surface area contributed by atoms with Gasteiger partial charge in [0.15, 0.2) is 11.6 Å². The Hall–Kier alpha value is -1.75. The topological polar surface area (TPSA) is 69.6 Å². The summed E-state index contributed by atoms with van der Waals surface area (Å²) in [4.78, 5) is 9.24. The van der Waals surface area contributed by atoms with Crippen molar-refractivity contribution in [3.63, 3.8) is 0 Å². The van der Waals surface area contributed by atoms with Crippen molar-refractivity contribution in [3.05, 3.63) is 35.0 Å². The molecule has 0 aliphatic heterocycles. The van der Waals surface area contributed by atoms with E-state index >= 15 is 0 Å². The van der Waals surface area contributed by atoms with Gasteiger partial charge in [-0.05, 0) is 24.1 Å². The van der Waals surface area contributed by atoms with E-state index in [0.717, 1.165) is 54.4 Å². The van der Waals surface area contributed by atoms with Gasteiger partial charge in [0.2, 0.25) is 0 Å². The van der Waals surface area contributed by atoms with E-state index in [1.165, 1.54) is 0 Å². The molecule has 2 aromatic rings. The van der Waals surface area contributed by atoms with E-state index in [0.29, 0.717) is 6.54 Å². The van der Waals surface area contributed by atoms with E-state index in [2.05, 4.69) is 36.9 Å². The highest BCUT2D eigenvalue weighted by atomic mass is 15.4. The van der Waals surface area contributed by atoms with E-state index in [1.54, 1.807) is 0 Å². The van der Waals surface area contributed by atoms with Crippen molar-refractivity contribution in [2.75, 3.05) is 0 Å². The third-order valence-corrected chi connectivity index (χ3v) is 3.23. The monoisotopic (exact) mass is 273 g/mol. The Balaban J connectivity index is 2.50. The van der Waals surface area contributed by atoms with Gasteiger partial charge in [0.05, 0.1) is 0 Å². The molecule has 0 fully saturated rings.